The molecule has 140 valence electrons. The molecule has 0 aliphatic rings. The molecule has 0 aliphatic heterocycles. The Balaban J connectivity index is 0.00000176. The van der Waals surface area contributed by atoms with Crippen LogP contribution < -0.4 is 16.8 Å². The minimum Gasteiger partial charge on any atom is -0.368 e. The summed E-state index contributed by atoms with van der Waals surface area (Å²) in [4.78, 5) is 23.5. The Labute approximate surface area is 164 Å². The molecule has 2 aromatic carbocycles. The van der Waals surface area contributed by atoms with Crippen LogP contribution in [0.5, 0.6) is 0 Å². The SMILES string of the molecule is C=C.CC(N)C(NC(=O)c1ccc(C#Cc2ccccc2Cl)cc1)C(N)=O. The van der Waals surface area contributed by atoms with E-state index >= 15 is 0 Å². The molecule has 5 nitrogen and oxygen atoms in total. The lowest BCUT2D eigenvalue weighted by Gasteiger charge is -2.18. The highest BCUT2D eigenvalue weighted by atomic mass is 35.5. The second-order valence-corrected chi connectivity index (χ2v) is 5.93. The first-order chi connectivity index (χ1) is 12.9. The zero-order valence-electron chi connectivity index (χ0n) is 15.0. The molecule has 2 amide bonds. The van der Waals surface area contributed by atoms with Crippen molar-refractivity contribution in [2.45, 2.75) is 19.0 Å². The summed E-state index contributed by atoms with van der Waals surface area (Å²) in [6.07, 6.45) is 0. The fourth-order valence-corrected chi connectivity index (χ4v) is 2.28. The fourth-order valence-electron chi connectivity index (χ4n) is 2.09. The van der Waals surface area contributed by atoms with Crippen LogP contribution in [0.3, 0.4) is 0 Å². The Morgan fingerprint density at radius 2 is 1.67 bits per heavy atom. The van der Waals surface area contributed by atoms with Gasteiger partial charge in [-0.25, -0.2) is 0 Å². The third kappa shape index (κ3) is 6.63. The molecule has 0 heterocycles. The molecule has 0 radical (unpaired) electrons. The number of amides is 2. The number of rotatable bonds is 4. The van der Waals surface area contributed by atoms with E-state index in [0.717, 1.165) is 11.1 Å². The van der Waals surface area contributed by atoms with Crippen LogP contribution in [0.15, 0.2) is 61.7 Å². The van der Waals surface area contributed by atoms with Gasteiger partial charge >= 0.3 is 0 Å². The molecule has 0 fully saturated rings. The number of carbonyl (C=O) groups excluding carboxylic acids is 2. The average molecular weight is 384 g/mol. The zero-order chi connectivity index (χ0) is 20.4. The highest BCUT2D eigenvalue weighted by molar-refractivity contribution is 6.31. The second kappa shape index (κ2) is 10.8. The van der Waals surface area contributed by atoms with Gasteiger partial charge in [0.1, 0.15) is 6.04 Å². The molecular formula is C21H22ClN3O2. The molecule has 27 heavy (non-hydrogen) atoms. The molecule has 2 aromatic rings. The summed E-state index contributed by atoms with van der Waals surface area (Å²) in [7, 11) is 0. The minimum absolute atomic E-state index is 0.384. The highest BCUT2D eigenvalue weighted by Crippen LogP contribution is 2.13. The normalized spacial score (nSPS) is 11.7. The first-order valence-electron chi connectivity index (χ1n) is 8.11. The molecule has 0 spiro atoms. The predicted octanol–water partition coefficient (Wildman–Crippen LogP) is 2.47. The van der Waals surface area contributed by atoms with E-state index in [1.165, 1.54) is 0 Å². The van der Waals surface area contributed by atoms with E-state index in [2.05, 4.69) is 30.3 Å². The van der Waals surface area contributed by atoms with Crippen molar-refractivity contribution in [3.63, 3.8) is 0 Å². The van der Waals surface area contributed by atoms with Crippen molar-refractivity contribution in [3.05, 3.63) is 83.4 Å². The van der Waals surface area contributed by atoms with Gasteiger partial charge < -0.3 is 16.8 Å². The number of primary amides is 1. The Kier molecular flexibility index (Phi) is 8.80. The molecule has 5 N–H and O–H groups in total. The summed E-state index contributed by atoms with van der Waals surface area (Å²) in [5, 5.41) is 3.11. The van der Waals surface area contributed by atoms with Crippen molar-refractivity contribution in [2.75, 3.05) is 0 Å². The van der Waals surface area contributed by atoms with Gasteiger partial charge in [-0.15, -0.1) is 13.2 Å². The van der Waals surface area contributed by atoms with E-state index in [1.54, 1.807) is 37.3 Å². The van der Waals surface area contributed by atoms with Gasteiger partial charge in [-0.3, -0.25) is 9.59 Å². The van der Waals surface area contributed by atoms with Crippen molar-refractivity contribution < 1.29 is 9.59 Å². The highest BCUT2D eigenvalue weighted by Gasteiger charge is 2.22. The Morgan fingerprint density at radius 3 is 2.19 bits per heavy atom. The number of carbonyl (C=O) groups is 2. The van der Waals surface area contributed by atoms with Gasteiger partial charge in [-0.1, -0.05) is 35.6 Å². The third-order valence-corrected chi connectivity index (χ3v) is 3.81. The van der Waals surface area contributed by atoms with Crippen LogP contribution >= 0.6 is 11.6 Å². The van der Waals surface area contributed by atoms with E-state index in [0.29, 0.717) is 10.6 Å². The maximum Gasteiger partial charge on any atom is 0.251 e. The van der Waals surface area contributed by atoms with Gasteiger partial charge in [-0.05, 0) is 43.3 Å². The van der Waals surface area contributed by atoms with Crippen molar-refractivity contribution >= 4 is 23.4 Å². The molecule has 0 aliphatic carbocycles. The van der Waals surface area contributed by atoms with Crippen molar-refractivity contribution in [3.8, 4) is 11.8 Å². The molecule has 0 aromatic heterocycles. The van der Waals surface area contributed by atoms with Crippen molar-refractivity contribution in [2.24, 2.45) is 11.5 Å². The predicted molar refractivity (Wildman–Crippen MR) is 109 cm³/mol. The van der Waals surface area contributed by atoms with Crippen LogP contribution in [-0.2, 0) is 4.79 Å². The first kappa shape index (κ1) is 22.0. The molecule has 2 atom stereocenters. The average Bonchev–Trinajstić information content (AvgIpc) is 2.66. The lowest BCUT2D eigenvalue weighted by atomic mass is 10.1. The topological polar surface area (TPSA) is 98.2 Å². The Morgan fingerprint density at radius 1 is 1.07 bits per heavy atom. The molecular weight excluding hydrogens is 362 g/mol. The van der Waals surface area contributed by atoms with Crippen LogP contribution in [0.25, 0.3) is 0 Å². The number of halogens is 1. The van der Waals surface area contributed by atoms with E-state index in [1.807, 2.05) is 18.2 Å². The monoisotopic (exact) mass is 383 g/mol. The Hall–Kier alpha value is -3.07. The molecule has 0 saturated carbocycles. The van der Waals surface area contributed by atoms with Crippen LogP contribution in [-0.4, -0.2) is 23.9 Å². The van der Waals surface area contributed by atoms with Gasteiger partial charge in [0.2, 0.25) is 5.91 Å². The second-order valence-electron chi connectivity index (χ2n) is 5.52. The molecule has 0 bridgehead atoms. The van der Waals surface area contributed by atoms with Crippen LogP contribution in [0.2, 0.25) is 5.02 Å². The summed E-state index contributed by atoms with van der Waals surface area (Å²) >= 11 is 6.05. The summed E-state index contributed by atoms with van der Waals surface area (Å²) in [6.45, 7) is 7.60. The van der Waals surface area contributed by atoms with E-state index in [4.69, 9.17) is 23.1 Å². The van der Waals surface area contributed by atoms with Gasteiger partial charge in [-0.2, -0.15) is 0 Å². The van der Waals surface area contributed by atoms with Crippen molar-refractivity contribution in [1.29, 1.82) is 0 Å². The summed E-state index contributed by atoms with van der Waals surface area (Å²) in [5.74, 6) is 4.86. The zero-order valence-corrected chi connectivity index (χ0v) is 15.8. The van der Waals surface area contributed by atoms with Crippen LogP contribution in [0.1, 0.15) is 28.4 Å². The fraction of sp³-hybridized carbons (Fsp3) is 0.143. The van der Waals surface area contributed by atoms with Gasteiger partial charge in [0.05, 0.1) is 5.02 Å². The smallest absolute Gasteiger partial charge is 0.251 e. The Bertz CT molecular complexity index is 852. The van der Waals surface area contributed by atoms with E-state index < -0.39 is 23.9 Å². The summed E-state index contributed by atoms with van der Waals surface area (Å²) in [5.41, 5.74) is 12.7. The third-order valence-electron chi connectivity index (χ3n) is 3.48. The van der Waals surface area contributed by atoms with Gasteiger partial charge in [0.25, 0.3) is 5.91 Å². The number of nitrogens with two attached hydrogens (primary N) is 2. The number of hydrogen-bond donors (Lipinski definition) is 3. The van der Waals surface area contributed by atoms with Crippen LogP contribution in [0.4, 0.5) is 0 Å². The van der Waals surface area contributed by atoms with Gasteiger partial charge in [0, 0.05) is 22.7 Å². The first-order valence-corrected chi connectivity index (χ1v) is 8.48. The molecule has 0 saturated heterocycles. The molecule has 2 unspecified atom stereocenters. The quantitative estimate of drug-likeness (QED) is 0.558. The summed E-state index contributed by atoms with van der Waals surface area (Å²) in [6, 6.07) is 12.4. The maximum atomic E-state index is 12.2. The standard InChI is InChI=1S/C19H18ClN3O2.C2H4/c1-12(21)17(18(22)24)23-19(25)15-10-7-13(8-11-15)6-9-14-4-2-3-5-16(14)20;1-2/h2-5,7-8,10-12,17H,21H2,1H3,(H2,22,24)(H,23,25);1-2H2. The number of hydrogen-bond acceptors (Lipinski definition) is 3. The molecule has 6 heteroatoms. The van der Waals surface area contributed by atoms with Crippen LogP contribution in [0, 0.1) is 11.8 Å². The lowest BCUT2D eigenvalue weighted by molar-refractivity contribution is -0.120. The lowest BCUT2D eigenvalue weighted by Crippen LogP contribution is -2.53. The minimum atomic E-state index is -0.924. The molecule has 2 rings (SSSR count). The summed E-state index contributed by atoms with van der Waals surface area (Å²) < 4.78 is 0. The number of benzene rings is 2. The van der Waals surface area contributed by atoms with Crippen molar-refractivity contribution in [1.82, 2.24) is 5.32 Å². The number of nitrogens with one attached hydrogen (secondary N) is 1. The van der Waals surface area contributed by atoms with E-state index in [-0.39, 0.29) is 0 Å². The van der Waals surface area contributed by atoms with E-state index in [9.17, 15) is 9.59 Å². The van der Waals surface area contributed by atoms with Gasteiger partial charge in [0.15, 0.2) is 0 Å². The largest absolute Gasteiger partial charge is 0.368 e. The maximum absolute atomic E-state index is 12.2.